The minimum atomic E-state index is -1.26. The number of ether oxygens (including phenoxy) is 1. The Kier molecular flexibility index (Phi) is 4.27. The van der Waals surface area contributed by atoms with Gasteiger partial charge in [-0.05, 0) is 26.0 Å². The minimum Gasteiger partial charge on any atom is -0.494 e. The molecule has 1 aromatic heterocycles. The first-order valence-corrected chi connectivity index (χ1v) is 6.37. The average Bonchev–Trinajstić information content (AvgIpc) is 2.47. The van der Waals surface area contributed by atoms with Crippen LogP contribution >= 0.6 is 0 Å². The molecule has 0 unspecified atom stereocenters. The van der Waals surface area contributed by atoms with E-state index in [1.54, 1.807) is 31.2 Å². The highest BCUT2D eigenvalue weighted by Gasteiger charge is 2.20. The van der Waals surface area contributed by atoms with Gasteiger partial charge in [0.15, 0.2) is 11.5 Å². The normalized spacial score (nSPS) is 10.2. The molecule has 0 aliphatic heterocycles. The number of carboxylic acids is 1. The van der Waals surface area contributed by atoms with E-state index in [1.165, 1.54) is 6.20 Å². The molecule has 6 nitrogen and oxygen atoms in total. The fourth-order valence-corrected chi connectivity index (χ4v) is 1.85. The third kappa shape index (κ3) is 3.22. The summed E-state index contributed by atoms with van der Waals surface area (Å²) in [6.07, 6.45) is 1.24. The van der Waals surface area contributed by atoms with E-state index in [2.05, 4.69) is 9.97 Å². The van der Waals surface area contributed by atoms with Gasteiger partial charge in [0.1, 0.15) is 11.6 Å². The number of aryl methyl sites for hydroxylation is 1. The Labute approximate surface area is 121 Å². The molecule has 1 aromatic carbocycles. The smallest absolute Gasteiger partial charge is 0.355 e. The van der Waals surface area contributed by atoms with Crippen LogP contribution in [0.5, 0.6) is 5.75 Å². The average molecular weight is 286 g/mol. The van der Waals surface area contributed by atoms with Crippen LogP contribution in [-0.2, 0) is 0 Å². The maximum Gasteiger partial charge on any atom is 0.355 e. The molecule has 0 aliphatic carbocycles. The number of ketones is 1. The Morgan fingerprint density at radius 1 is 1.33 bits per heavy atom. The lowest BCUT2D eigenvalue weighted by atomic mass is 10.0. The Morgan fingerprint density at radius 3 is 2.76 bits per heavy atom. The number of carbonyl (C=O) groups is 2. The van der Waals surface area contributed by atoms with Crippen LogP contribution in [-0.4, -0.2) is 33.4 Å². The molecule has 0 aliphatic rings. The second kappa shape index (κ2) is 6.13. The quantitative estimate of drug-likeness (QED) is 0.847. The van der Waals surface area contributed by atoms with Gasteiger partial charge < -0.3 is 9.84 Å². The van der Waals surface area contributed by atoms with Crippen LogP contribution < -0.4 is 4.74 Å². The predicted octanol–water partition coefficient (Wildman–Crippen LogP) is 2.11. The van der Waals surface area contributed by atoms with E-state index in [1.807, 2.05) is 6.92 Å². The van der Waals surface area contributed by atoms with Gasteiger partial charge in [-0.25, -0.2) is 14.8 Å². The largest absolute Gasteiger partial charge is 0.494 e. The molecule has 1 heterocycles. The molecule has 0 bridgehead atoms. The zero-order chi connectivity index (χ0) is 15.4. The first-order valence-electron chi connectivity index (χ1n) is 6.37. The highest BCUT2D eigenvalue weighted by Crippen LogP contribution is 2.18. The third-order valence-electron chi connectivity index (χ3n) is 2.76. The second-order valence-corrected chi connectivity index (χ2v) is 4.27. The SMILES string of the molecule is CCOc1cccc(C(=O)c2cnc(C)nc2C(=O)O)c1. The van der Waals surface area contributed by atoms with E-state index in [4.69, 9.17) is 9.84 Å². The summed E-state index contributed by atoms with van der Waals surface area (Å²) in [5.74, 6) is -0.862. The summed E-state index contributed by atoms with van der Waals surface area (Å²) in [6, 6.07) is 6.56. The monoisotopic (exact) mass is 286 g/mol. The maximum atomic E-state index is 12.4. The number of carboxylic acid groups (broad SMARTS) is 1. The minimum absolute atomic E-state index is 0.0400. The van der Waals surface area contributed by atoms with Crippen molar-refractivity contribution in [2.45, 2.75) is 13.8 Å². The molecule has 21 heavy (non-hydrogen) atoms. The third-order valence-corrected chi connectivity index (χ3v) is 2.76. The highest BCUT2D eigenvalue weighted by molar-refractivity contribution is 6.13. The number of hydrogen-bond acceptors (Lipinski definition) is 5. The molecular formula is C15H14N2O4. The van der Waals surface area contributed by atoms with E-state index in [-0.39, 0.29) is 11.3 Å². The van der Waals surface area contributed by atoms with Gasteiger partial charge in [-0.1, -0.05) is 12.1 Å². The van der Waals surface area contributed by atoms with Crippen molar-refractivity contribution in [3.05, 3.63) is 53.1 Å². The number of rotatable bonds is 5. The van der Waals surface area contributed by atoms with Crippen LogP contribution in [0.4, 0.5) is 0 Å². The molecule has 0 spiro atoms. The van der Waals surface area contributed by atoms with Crippen LogP contribution in [0.1, 0.15) is 39.2 Å². The summed E-state index contributed by atoms with van der Waals surface area (Å²) in [5, 5.41) is 9.16. The van der Waals surface area contributed by atoms with Crippen molar-refractivity contribution >= 4 is 11.8 Å². The van der Waals surface area contributed by atoms with Crippen LogP contribution in [0.15, 0.2) is 30.5 Å². The number of aromatic carboxylic acids is 1. The van der Waals surface area contributed by atoms with Gasteiger partial charge in [0.2, 0.25) is 0 Å². The number of benzene rings is 1. The Balaban J connectivity index is 2.45. The van der Waals surface area contributed by atoms with E-state index in [0.29, 0.717) is 23.7 Å². The summed E-state index contributed by atoms with van der Waals surface area (Å²) in [4.78, 5) is 31.4. The standard InChI is InChI=1S/C15H14N2O4/c1-3-21-11-6-4-5-10(7-11)14(18)12-8-16-9(2)17-13(12)15(19)20/h4-8H,3H2,1-2H3,(H,19,20). The van der Waals surface area contributed by atoms with Gasteiger partial charge in [0, 0.05) is 11.8 Å². The van der Waals surface area contributed by atoms with Gasteiger partial charge >= 0.3 is 5.97 Å². The van der Waals surface area contributed by atoms with Gasteiger partial charge in [-0.15, -0.1) is 0 Å². The molecule has 6 heteroatoms. The summed E-state index contributed by atoms with van der Waals surface area (Å²) in [5.41, 5.74) is -0.00744. The lowest BCUT2D eigenvalue weighted by Gasteiger charge is -2.07. The molecule has 0 atom stereocenters. The molecule has 0 fully saturated rings. The van der Waals surface area contributed by atoms with Crippen molar-refractivity contribution in [3.63, 3.8) is 0 Å². The molecule has 0 saturated heterocycles. The molecule has 0 radical (unpaired) electrons. The Morgan fingerprint density at radius 2 is 2.10 bits per heavy atom. The Bertz CT molecular complexity index is 698. The van der Waals surface area contributed by atoms with Crippen LogP contribution in [0.3, 0.4) is 0 Å². The summed E-state index contributed by atoms with van der Waals surface area (Å²) in [7, 11) is 0. The van der Waals surface area contributed by atoms with Crippen molar-refractivity contribution in [2.75, 3.05) is 6.61 Å². The second-order valence-electron chi connectivity index (χ2n) is 4.27. The predicted molar refractivity (Wildman–Crippen MR) is 74.8 cm³/mol. The molecule has 108 valence electrons. The molecule has 2 rings (SSSR count). The fraction of sp³-hybridized carbons (Fsp3) is 0.200. The van der Waals surface area contributed by atoms with E-state index < -0.39 is 11.8 Å². The Hall–Kier alpha value is -2.76. The number of aromatic nitrogens is 2. The lowest BCUT2D eigenvalue weighted by molar-refractivity contribution is 0.0685. The first-order chi connectivity index (χ1) is 10.0. The van der Waals surface area contributed by atoms with Crippen LogP contribution in [0.2, 0.25) is 0 Å². The van der Waals surface area contributed by atoms with Crippen molar-refractivity contribution < 1.29 is 19.4 Å². The fourth-order valence-electron chi connectivity index (χ4n) is 1.85. The van der Waals surface area contributed by atoms with Gasteiger partial charge in [-0.3, -0.25) is 4.79 Å². The summed E-state index contributed by atoms with van der Waals surface area (Å²) >= 11 is 0. The van der Waals surface area contributed by atoms with Crippen molar-refractivity contribution in [2.24, 2.45) is 0 Å². The van der Waals surface area contributed by atoms with Crippen LogP contribution in [0.25, 0.3) is 0 Å². The molecular weight excluding hydrogens is 272 g/mol. The molecule has 2 aromatic rings. The summed E-state index contributed by atoms with van der Waals surface area (Å²) < 4.78 is 5.33. The van der Waals surface area contributed by atoms with Crippen molar-refractivity contribution in [3.8, 4) is 5.75 Å². The van der Waals surface area contributed by atoms with Gasteiger partial charge in [0.05, 0.1) is 12.2 Å². The highest BCUT2D eigenvalue weighted by atomic mass is 16.5. The topological polar surface area (TPSA) is 89.4 Å². The number of nitrogens with zero attached hydrogens (tertiary/aromatic N) is 2. The number of carbonyl (C=O) groups excluding carboxylic acids is 1. The first kappa shape index (κ1) is 14.6. The van der Waals surface area contributed by atoms with Gasteiger partial charge in [-0.2, -0.15) is 0 Å². The lowest BCUT2D eigenvalue weighted by Crippen LogP contribution is -2.14. The van der Waals surface area contributed by atoms with Crippen molar-refractivity contribution in [1.82, 2.24) is 9.97 Å². The van der Waals surface area contributed by atoms with Gasteiger partial charge in [0.25, 0.3) is 0 Å². The molecule has 1 N–H and O–H groups in total. The van der Waals surface area contributed by atoms with Crippen LogP contribution in [0, 0.1) is 6.92 Å². The van der Waals surface area contributed by atoms with Crippen molar-refractivity contribution in [1.29, 1.82) is 0 Å². The maximum absolute atomic E-state index is 12.4. The zero-order valence-corrected chi connectivity index (χ0v) is 11.7. The van der Waals surface area contributed by atoms with E-state index in [9.17, 15) is 9.59 Å². The van der Waals surface area contributed by atoms with E-state index >= 15 is 0 Å². The zero-order valence-electron chi connectivity index (χ0n) is 11.7. The molecule has 0 saturated carbocycles. The van der Waals surface area contributed by atoms with E-state index in [0.717, 1.165) is 0 Å². The summed E-state index contributed by atoms with van der Waals surface area (Å²) in [6.45, 7) is 3.88. The number of hydrogen-bond donors (Lipinski definition) is 1. The molecule has 0 amide bonds.